The summed E-state index contributed by atoms with van der Waals surface area (Å²) in [5.41, 5.74) is 0. The second-order valence-corrected chi connectivity index (χ2v) is 2.98. The Morgan fingerprint density at radius 2 is 1.90 bits per heavy atom. The Labute approximate surface area is 61.1 Å². The second kappa shape index (κ2) is 2.86. The average Bonchev–Trinajstić information content (AvgIpc) is 2.05. The van der Waals surface area contributed by atoms with Gasteiger partial charge < -0.3 is 15.4 Å². The molecule has 2 N–H and O–H groups in total. The highest BCUT2D eigenvalue weighted by Gasteiger charge is 2.26. The maximum absolute atomic E-state index is 5.34. The largest absolute Gasteiger partial charge is 0.380 e. The van der Waals surface area contributed by atoms with Crippen LogP contribution in [0.4, 0.5) is 0 Å². The molecule has 0 aliphatic carbocycles. The number of hydrogen-bond acceptors (Lipinski definition) is 3. The standard InChI is InChI=1S/C7H14N2O/c1-4-10-5-7-6(1)8-2-3-9-7/h6-9H,1-5H2/t6-,7+/m1/s1. The van der Waals surface area contributed by atoms with Crippen LogP contribution in [0, 0.1) is 0 Å². The van der Waals surface area contributed by atoms with E-state index in [4.69, 9.17) is 4.74 Å². The molecular formula is C7H14N2O. The Hall–Kier alpha value is -0.120. The lowest BCUT2D eigenvalue weighted by atomic mass is 10.0. The van der Waals surface area contributed by atoms with Gasteiger partial charge in [0.05, 0.1) is 6.61 Å². The fraction of sp³-hybridized carbons (Fsp3) is 1.00. The Bertz CT molecular complexity index is 92.2. The van der Waals surface area contributed by atoms with Crippen LogP contribution < -0.4 is 10.6 Å². The van der Waals surface area contributed by atoms with Crippen molar-refractivity contribution in [3.8, 4) is 0 Å². The van der Waals surface area contributed by atoms with Gasteiger partial charge in [0, 0.05) is 31.8 Å². The maximum atomic E-state index is 5.34. The van der Waals surface area contributed by atoms with Crippen molar-refractivity contribution in [3.63, 3.8) is 0 Å². The summed E-state index contributed by atoms with van der Waals surface area (Å²) in [4.78, 5) is 0. The molecule has 0 aromatic carbocycles. The third-order valence-electron chi connectivity index (χ3n) is 2.29. The average molecular weight is 142 g/mol. The molecule has 0 radical (unpaired) electrons. The van der Waals surface area contributed by atoms with Crippen molar-refractivity contribution < 1.29 is 4.74 Å². The molecule has 3 nitrogen and oxygen atoms in total. The highest BCUT2D eigenvalue weighted by atomic mass is 16.5. The SMILES string of the molecule is C1CN[C@@H]2CCOC[C@@H]2N1. The molecule has 10 heavy (non-hydrogen) atoms. The van der Waals surface area contributed by atoms with Crippen molar-refractivity contribution in [3.05, 3.63) is 0 Å². The van der Waals surface area contributed by atoms with E-state index in [2.05, 4.69) is 10.6 Å². The summed E-state index contributed by atoms with van der Waals surface area (Å²) in [5, 5.41) is 6.91. The van der Waals surface area contributed by atoms with Crippen molar-refractivity contribution in [2.75, 3.05) is 26.3 Å². The number of nitrogens with one attached hydrogen (secondary N) is 2. The lowest BCUT2D eigenvalue weighted by molar-refractivity contribution is 0.0414. The molecular weight excluding hydrogens is 128 g/mol. The molecule has 2 atom stereocenters. The van der Waals surface area contributed by atoms with Crippen LogP contribution in [0.15, 0.2) is 0 Å². The van der Waals surface area contributed by atoms with Gasteiger partial charge in [-0.25, -0.2) is 0 Å². The molecule has 2 heterocycles. The van der Waals surface area contributed by atoms with Crippen molar-refractivity contribution >= 4 is 0 Å². The van der Waals surface area contributed by atoms with Crippen LogP contribution in [0.1, 0.15) is 6.42 Å². The Morgan fingerprint density at radius 1 is 1.10 bits per heavy atom. The van der Waals surface area contributed by atoms with Gasteiger partial charge in [0.2, 0.25) is 0 Å². The first kappa shape index (κ1) is 6.58. The smallest absolute Gasteiger partial charge is 0.0634 e. The highest BCUT2D eigenvalue weighted by Crippen LogP contribution is 2.09. The van der Waals surface area contributed by atoms with E-state index in [-0.39, 0.29) is 0 Å². The van der Waals surface area contributed by atoms with E-state index >= 15 is 0 Å². The molecule has 2 saturated heterocycles. The Balaban J connectivity index is 1.93. The molecule has 0 bridgehead atoms. The predicted molar refractivity (Wildman–Crippen MR) is 39.0 cm³/mol. The fourth-order valence-corrected chi connectivity index (χ4v) is 1.70. The zero-order chi connectivity index (χ0) is 6.81. The first-order chi connectivity index (χ1) is 4.97. The van der Waals surface area contributed by atoms with Crippen LogP contribution in [0.5, 0.6) is 0 Å². The molecule has 2 rings (SSSR count). The van der Waals surface area contributed by atoms with Crippen LogP contribution in [-0.2, 0) is 4.74 Å². The predicted octanol–water partition coefficient (Wildman–Crippen LogP) is -0.663. The van der Waals surface area contributed by atoms with Crippen LogP contribution in [0.2, 0.25) is 0 Å². The summed E-state index contributed by atoms with van der Waals surface area (Å²) in [6.45, 7) is 4.01. The molecule has 0 aromatic heterocycles. The van der Waals surface area contributed by atoms with Gasteiger partial charge in [0.15, 0.2) is 0 Å². The van der Waals surface area contributed by atoms with Crippen molar-refractivity contribution in [1.82, 2.24) is 10.6 Å². The monoisotopic (exact) mass is 142 g/mol. The van der Waals surface area contributed by atoms with E-state index < -0.39 is 0 Å². The summed E-state index contributed by atoms with van der Waals surface area (Å²) < 4.78 is 5.34. The molecule has 2 aliphatic heterocycles. The van der Waals surface area contributed by atoms with Crippen LogP contribution in [-0.4, -0.2) is 38.4 Å². The van der Waals surface area contributed by atoms with Crippen LogP contribution in [0.3, 0.4) is 0 Å². The lowest BCUT2D eigenvalue weighted by Gasteiger charge is -2.36. The molecule has 2 fully saturated rings. The van der Waals surface area contributed by atoms with Crippen molar-refractivity contribution in [2.24, 2.45) is 0 Å². The van der Waals surface area contributed by atoms with E-state index in [0.29, 0.717) is 12.1 Å². The minimum atomic E-state index is 0.572. The van der Waals surface area contributed by atoms with Crippen LogP contribution in [0.25, 0.3) is 0 Å². The Morgan fingerprint density at radius 3 is 2.70 bits per heavy atom. The molecule has 0 aromatic rings. The number of ether oxygens (including phenoxy) is 1. The third kappa shape index (κ3) is 1.17. The molecule has 2 aliphatic rings. The molecule has 0 saturated carbocycles. The molecule has 0 spiro atoms. The topological polar surface area (TPSA) is 33.3 Å². The zero-order valence-electron chi connectivity index (χ0n) is 6.10. The normalized spacial score (nSPS) is 40.8. The van der Waals surface area contributed by atoms with Gasteiger partial charge >= 0.3 is 0 Å². The van der Waals surface area contributed by atoms with Gasteiger partial charge in [-0.3, -0.25) is 0 Å². The lowest BCUT2D eigenvalue weighted by Crippen LogP contribution is -2.59. The third-order valence-corrected chi connectivity index (χ3v) is 2.29. The van der Waals surface area contributed by atoms with Gasteiger partial charge in [0.1, 0.15) is 0 Å². The summed E-state index contributed by atoms with van der Waals surface area (Å²) >= 11 is 0. The molecule has 0 amide bonds. The van der Waals surface area contributed by atoms with Gasteiger partial charge in [-0.15, -0.1) is 0 Å². The number of hydrogen-bond donors (Lipinski definition) is 2. The molecule has 0 unspecified atom stereocenters. The van der Waals surface area contributed by atoms with Gasteiger partial charge in [0.25, 0.3) is 0 Å². The summed E-state index contributed by atoms with van der Waals surface area (Å²) in [5.74, 6) is 0. The van der Waals surface area contributed by atoms with Crippen LogP contribution >= 0.6 is 0 Å². The summed E-state index contributed by atoms with van der Waals surface area (Å²) in [6, 6.07) is 1.24. The van der Waals surface area contributed by atoms with Gasteiger partial charge in [-0.1, -0.05) is 0 Å². The minimum Gasteiger partial charge on any atom is -0.380 e. The minimum absolute atomic E-state index is 0.572. The van der Waals surface area contributed by atoms with E-state index in [1.165, 1.54) is 0 Å². The Kier molecular flexibility index (Phi) is 1.88. The van der Waals surface area contributed by atoms with Crippen molar-refractivity contribution in [1.29, 1.82) is 0 Å². The molecule has 3 heteroatoms. The first-order valence-electron chi connectivity index (χ1n) is 4.01. The summed E-state index contributed by atoms with van der Waals surface area (Å²) in [7, 11) is 0. The van der Waals surface area contributed by atoms with Gasteiger partial charge in [-0.05, 0) is 6.42 Å². The first-order valence-corrected chi connectivity index (χ1v) is 4.01. The number of rotatable bonds is 0. The fourth-order valence-electron chi connectivity index (χ4n) is 1.70. The van der Waals surface area contributed by atoms with E-state index in [0.717, 1.165) is 32.7 Å². The van der Waals surface area contributed by atoms with E-state index in [1.807, 2.05) is 0 Å². The zero-order valence-corrected chi connectivity index (χ0v) is 6.10. The van der Waals surface area contributed by atoms with Crippen molar-refractivity contribution in [2.45, 2.75) is 18.5 Å². The van der Waals surface area contributed by atoms with Gasteiger partial charge in [-0.2, -0.15) is 0 Å². The van der Waals surface area contributed by atoms with E-state index in [9.17, 15) is 0 Å². The summed E-state index contributed by atoms with van der Waals surface area (Å²) in [6.07, 6.45) is 1.16. The van der Waals surface area contributed by atoms with E-state index in [1.54, 1.807) is 0 Å². The second-order valence-electron chi connectivity index (χ2n) is 2.98. The quantitative estimate of drug-likeness (QED) is 0.471. The number of piperazine rings is 1. The number of fused-ring (bicyclic) bond motifs is 1. The molecule has 58 valence electrons. The highest BCUT2D eigenvalue weighted by molar-refractivity contribution is 4.88. The maximum Gasteiger partial charge on any atom is 0.0634 e.